The summed E-state index contributed by atoms with van der Waals surface area (Å²) in [6, 6.07) is 21.3. The first-order chi connectivity index (χ1) is 20.6. The number of aryl methyl sites for hydroxylation is 2. The number of aromatic nitrogens is 3. The van der Waals surface area contributed by atoms with Crippen LogP contribution in [0.15, 0.2) is 66.9 Å². The predicted molar refractivity (Wildman–Crippen MR) is 165 cm³/mol. The molecule has 1 saturated heterocycles. The zero-order chi connectivity index (χ0) is 28.6. The van der Waals surface area contributed by atoms with Crippen LogP contribution in [0.1, 0.15) is 73.9 Å². The molecule has 0 radical (unpaired) electrons. The second-order valence-electron chi connectivity index (χ2n) is 11.8. The molecule has 2 aliphatic heterocycles. The molecule has 1 aliphatic carbocycles. The van der Waals surface area contributed by atoms with E-state index in [0.717, 1.165) is 91.4 Å². The fourth-order valence-corrected chi connectivity index (χ4v) is 6.72. The molecule has 7 heteroatoms. The summed E-state index contributed by atoms with van der Waals surface area (Å²) in [5.74, 6) is 2.94. The molecule has 0 spiro atoms. The lowest BCUT2D eigenvalue weighted by Gasteiger charge is -2.33. The van der Waals surface area contributed by atoms with Gasteiger partial charge >= 0.3 is 0 Å². The average Bonchev–Trinajstić information content (AvgIpc) is 3.64. The number of rotatable bonds is 8. The van der Waals surface area contributed by atoms with Crippen LogP contribution in [-0.4, -0.2) is 45.3 Å². The maximum atomic E-state index is 12.5. The van der Waals surface area contributed by atoms with E-state index in [1.807, 2.05) is 35.1 Å². The molecular weight excluding hydrogens is 522 g/mol. The number of amides is 1. The number of pyridine rings is 1. The van der Waals surface area contributed by atoms with Gasteiger partial charge in [-0.1, -0.05) is 38.1 Å². The summed E-state index contributed by atoms with van der Waals surface area (Å²) in [5.41, 5.74) is 8.21. The molecule has 3 aliphatic rings. The number of carbonyl (C=O) groups excluding carboxylic acids is 1. The standard InChI is InChI=1S/C35H39N5O2/c1-3-23-21-26(13-14-28(23)24-16-19-39(20-17-24)35(41)25-11-12-25)37-31-22-42-32-9-5-7-29(34(31)32)30-8-6-10-33(38-30)40-27(4-2)15-18-36-40/h5-10,13-15,18,21,24-25,31,37H,3-4,11-12,16-17,19-20,22H2,1-2H3. The molecule has 1 N–H and O–H groups in total. The Morgan fingerprint density at radius 2 is 1.81 bits per heavy atom. The van der Waals surface area contributed by atoms with Gasteiger partial charge in [0.2, 0.25) is 5.91 Å². The van der Waals surface area contributed by atoms with E-state index in [9.17, 15) is 4.79 Å². The van der Waals surface area contributed by atoms with Gasteiger partial charge in [0.15, 0.2) is 5.82 Å². The van der Waals surface area contributed by atoms with Crippen LogP contribution in [0.2, 0.25) is 0 Å². The van der Waals surface area contributed by atoms with Gasteiger partial charge in [-0.15, -0.1) is 0 Å². The first-order valence-electron chi connectivity index (χ1n) is 15.6. The number of carbonyl (C=O) groups is 1. The third-order valence-electron chi connectivity index (χ3n) is 9.17. The summed E-state index contributed by atoms with van der Waals surface area (Å²) in [4.78, 5) is 19.7. The number of benzene rings is 2. The quantitative estimate of drug-likeness (QED) is 0.259. The second kappa shape index (κ2) is 11.3. The zero-order valence-corrected chi connectivity index (χ0v) is 24.6. The van der Waals surface area contributed by atoms with Crippen LogP contribution in [-0.2, 0) is 17.6 Å². The zero-order valence-electron chi connectivity index (χ0n) is 24.6. The number of nitrogens with one attached hydrogen (secondary N) is 1. The maximum absolute atomic E-state index is 12.5. The molecule has 1 unspecified atom stereocenters. The summed E-state index contributed by atoms with van der Waals surface area (Å²) in [7, 11) is 0. The summed E-state index contributed by atoms with van der Waals surface area (Å²) < 4.78 is 8.09. The number of anilines is 1. The van der Waals surface area contributed by atoms with Crippen molar-refractivity contribution in [1.29, 1.82) is 0 Å². The lowest BCUT2D eigenvalue weighted by Crippen LogP contribution is -2.38. The predicted octanol–water partition coefficient (Wildman–Crippen LogP) is 6.72. The number of piperidine rings is 1. The van der Waals surface area contributed by atoms with Crippen molar-refractivity contribution >= 4 is 11.6 Å². The molecule has 2 fully saturated rings. The second-order valence-corrected chi connectivity index (χ2v) is 11.8. The number of hydrogen-bond acceptors (Lipinski definition) is 5. The Balaban J connectivity index is 1.11. The highest BCUT2D eigenvalue weighted by Crippen LogP contribution is 2.42. The first-order valence-corrected chi connectivity index (χ1v) is 15.6. The molecule has 4 aromatic rings. The topological polar surface area (TPSA) is 72.3 Å². The lowest BCUT2D eigenvalue weighted by molar-refractivity contribution is -0.133. The largest absolute Gasteiger partial charge is 0.491 e. The van der Waals surface area contributed by atoms with Crippen molar-refractivity contribution in [2.75, 3.05) is 25.0 Å². The molecule has 7 nitrogen and oxygen atoms in total. The minimum Gasteiger partial charge on any atom is -0.491 e. The van der Waals surface area contributed by atoms with Crippen molar-refractivity contribution in [1.82, 2.24) is 19.7 Å². The van der Waals surface area contributed by atoms with Crippen molar-refractivity contribution in [3.8, 4) is 22.8 Å². The molecule has 42 heavy (non-hydrogen) atoms. The molecule has 2 aromatic carbocycles. The molecule has 1 saturated carbocycles. The van der Waals surface area contributed by atoms with Crippen LogP contribution in [0.4, 0.5) is 5.69 Å². The smallest absolute Gasteiger partial charge is 0.225 e. The minimum atomic E-state index is 0.0183. The van der Waals surface area contributed by atoms with Gasteiger partial charge in [-0.3, -0.25) is 4.79 Å². The molecule has 7 rings (SSSR count). The summed E-state index contributed by atoms with van der Waals surface area (Å²) in [6.07, 6.45) is 7.98. The van der Waals surface area contributed by atoms with Gasteiger partial charge in [0, 0.05) is 47.7 Å². The van der Waals surface area contributed by atoms with Gasteiger partial charge in [-0.25, -0.2) is 9.67 Å². The van der Waals surface area contributed by atoms with Crippen molar-refractivity contribution in [2.24, 2.45) is 5.92 Å². The van der Waals surface area contributed by atoms with Gasteiger partial charge in [0.05, 0.1) is 11.7 Å². The van der Waals surface area contributed by atoms with Crippen LogP contribution < -0.4 is 10.1 Å². The Morgan fingerprint density at radius 1 is 0.976 bits per heavy atom. The fourth-order valence-electron chi connectivity index (χ4n) is 6.72. The van der Waals surface area contributed by atoms with Crippen molar-refractivity contribution < 1.29 is 9.53 Å². The Bertz CT molecular complexity index is 1600. The summed E-state index contributed by atoms with van der Waals surface area (Å²) in [5, 5.41) is 8.30. The number of nitrogens with zero attached hydrogens (tertiary/aromatic N) is 4. The van der Waals surface area contributed by atoms with Gasteiger partial charge in [-0.2, -0.15) is 5.10 Å². The van der Waals surface area contributed by atoms with E-state index in [1.165, 1.54) is 11.1 Å². The van der Waals surface area contributed by atoms with E-state index in [-0.39, 0.29) is 6.04 Å². The summed E-state index contributed by atoms with van der Waals surface area (Å²) >= 11 is 0. The highest BCUT2D eigenvalue weighted by Gasteiger charge is 2.35. The van der Waals surface area contributed by atoms with E-state index >= 15 is 0 Å². The van der Waals surface area contributed by atoms with Crippen molar-refractivity contribution in [3.05, 3.63) is 89.2 Å². The molecule has 2 aromatic heterocycles. The van der Waals surface area contributed by atoms with E-state index in [0.29, 0.717) is 24.3 Å². The molecular formula is C35H39N5O2. The fraction of sp³-hybridized carbons (Fsp3) is 0.400. The molecule has 216 valence electrons. The third-order valence-corrected chi connectivity index (χ3v) is 9.17. The van der Waals surface area contributed by atoms with Crippen molar-refractivity contribution in [2.45, 2.75) is 64.3 Å². The SMILES string of the molecule is CCc1cc(NC2COc3cccc(-c4cccc(-n5nccc5CC)n4)c32)ccc1C1CCN(C(=O)C2CC2)CC1. The van der Waals surface area contributed by atoms with Crippen LogP contribution in [0.3, 0.4) is 0 Å². The normalized spacial score (nSPS) is 18.5. The third kappa shape index (κ3) is 5.06. The number of likely N-dealkylation sites (tertiary alicyclic amines) is 1. The monoisotopic (exact) mass is 561 g/mol. The summed E-state index contributed by atoms with van der Waals surface area (Å²) in [6.45, 7) is 6.71. The number of fused-ring (bicyclic) bond motifs is 1. The Morgan fingerprint density at radius 3 is 2.60 bits per heavy atom. The van der Waals surface area contributed by atoms with E-state index in [2.05, 4.69) is 65.6 Å². The van der Waals surface area contributed by atoms with Crippen molar-refractivity contribution in [3.63, 3.8) is 0 Å². The lowest BCUT2D eigenvalue weighted by atomic mass is 9.85. The highest BCUT2D eigenvalue weighted by molar-refractivity contribution is 5.81. The van der Waals surface area contributed by atoms with Gasteiger partial charge in [0.25, 0.3) is 0 Å². The van der Waals surface area contributed by atoms with Crippen LogP contribution in [0.25, 0.3) is 17.1 Å². The molecule has 1 atom stereocenters. The Kier molecular flexibility index (Phi) is 7.18. The van der Waals surface area contributed by atoms with Gasteiger partial charge < -0.3 is 15.0 Å². The Hall–Kier alpha value is -4.13. The Labute approximate surface area is 247 Å². The highest BCUT2D eigenvalue weighted by atomic mass is 16.5. The van der Waals surface area contributed by atoms with Crippen LogP contribution in [0.5, 0.6) is 5.75 Å². The van der Waals surface area contributed by atoms with Gasteiger partial charge in [0.1, 0.15) is 12.4 Å². The van der Waals surface area contributed by atoms with Gasteiger partial charge in [-0.05, 0) is 92.0 Å². The maximum Gasteiger partial charge on any atom is 0.225 e. The number of hydrogen-bond donors (Lipinski definition) is 1. The molecule has 4 heterocycles. The minimum absolute atomic E-state index is 0.0183. The van der Waals surface area contributed by atoms with Crippen LogP contribution >= 0.6 is 0 Å². The van der Waals surface area contributed by atoms with E-state index in [4.69, 9.17) is 9.72 Å². The van der Waals surface area contributed by atoms with E-state index < -0.39 is 0 Å². The number of ether oxygens (including phenoxy) is 1. The first kappa shape index (κ1) is 26.7. The average molecular weight is 562 g/mol. The molecule has 0 bridgehead atoms. The molecule has 1 amide bonds. The van der Waals surface area contributed by atoms with Crippen LogP contribution in [0, 0.1) is 5.92 Å². The van der Waals surface area contributed by atoms with E-state index in [1.54, 1.807) is 0 Å².